The quantitative estimate of drug-likeness (QED) is 0.668. The molecule has 0 aromatic heterocycles. The van der Waals surface area contributed by atoms with Crippen molar-refractivity contribution < 1.29 is 9.47 Å². The third-order valence-corrected chi connectivity index (χ3v) is 6.90. The van der Waals surface area contributed by atoms with Crippen molar-refractivity contribution in [3.63, 3.8) is 0 Å². The zero-order valence-electron chi connectivity index (χ0n) is 16.5. The summed E-state index contributed by atoms with van der Waals surface area (Å²) in [5, 5.41) is 3.78. The van der Waals surface area contributed by atoms with Gasteiger partial charge in [-0.2, -0.15) is 0 Å². The second kappa shape index (κ2) is 8.52. The summed E-state index contributed by atoms with van der Waals surface area (Å²) in [6, 6.07) is 19.0. The molecule has 0 amide bonds. The van der Waals surface area contributed by atoms with Gasteiger partial charge in [0.1, 0.15) is 11.9 Å². The Morgan fingerprint density at radius 3 is 2.46 bits per heavy atom. The summed E-state index contributed by atoms with van der Waals surface area (Å²) >= 11 is 5.48. The highest BCUT2D eigenvalue weighted by molar-refractivity contribution is 7.80. The first-order chi connectivity index (χ1) is 13.7. The Bertz CT molecular complexity index is 799. The van der Waals surface area contributed by atoms with Crippen LogP contribution in [0.5, 0.6) is 5.75 Å². The summed E-state index contributed by atoms with van der Waals surface area (Å²) < 4.78 is 11.5. The number of ether oxygens (including phenoxy) is 2. The zero-order valence-corrected chi connectivity index (χ0v) is 17.3. The molecule has 2 fully saturated rings. The van der Waals surface area contributed by atoms with Crippen LogP contribution in [0.1, 0.15) is 55.6 Å². The van der Waals surface area contributed by atoms with Gasteiger partial charge in [0.2, 0.25) is 0 Å². The minimum absolute atomic E-state index is 0.273. The molecule has 2 saturated carbocycles. The fraction of sp³-hybridized carbons (Fsp3) is 0.458. The molecule has 2 aromatic carbocycles. The van der Waals surface area contributed by atoms with Gasteiger partial charge in [-0.1, -0.05) is 42.5 Å². The van der Waals surface area contributed by atoms with E-state index >= 15 is 0 Å². The van der Waals surface area contributed by atoms with E-state index in [-0.39, 0.29) is 6.10 Å². The highest BCUT2D eigenvalue weighted by Crippen LogP contribution is 2.55. The van der Waals surface area contributed by atoms with Crippen molar-refractivity contribution in [1.29, 1.82) is 0 Å². The highest BCUT2D eigenvalue weighted by atomic mass is 32.1. The molecule has 3 nitrogen and oxygen atoms in total. The van der Waals surface area contributed by atoms with Crippen LogP contribution in [-0.2, 0) is 11.3 Å². The van der Waals surface area contributed by atoms with Gasteiger partial charge in [-0.25, -0.2) is 0 Å². The average Bonchev–Trinajstić information content (AvgIpc) is 2.76. The number of rotatable bonds is 5. The van der Waals surface area contributed by atoms with Crippen LogP contribution in [0.2, 0.25) is 0 Å². The van der Waals surface area contributed by atoms with Crippen LogP contribution in [0.3, 0.4) is 0 Å². The van der Waals surface area contributed by atoms with Crippen molar-refractivity contribution in [2.45, 2.75) is 57.1 Å². The standard InChI is InChI=1S/C24H29NO2S/c1-26-21-9-5-6-18(16-21)17-25-23(28)27-22-12-15-24(22)13-10-20(11-14-24)19-7-3-2-4-8-19/h2-9,16,20,22H,10-15,17H2,1H3,(H,25,28). The van der Waals surface area contributed by atoms with Crippen LogP contribution in [-0.4, -0.2) is 18.4 Å². The predicted molar refractivity (Wildman–Crippen MR) is 117 cm³/mol. The second-order valence-corrected chi connectivity index (χ2v) is 8.56. The zero-order chi connectivity index (χ0) is 19.4. The number of nitrogens with one attached hydrogen (secondary N) is 1. The molecule has 0 heterocycles. The van der Waals surface area contributed by atoms with Gasteiger partial charge in [0.05, 0.1) is 7.11 Å². The van der Waals surface area contributed by atoms with Crippen molar-refractivity contribution in [3.05, 3.63) is 65.7 Å². The van der Waals surface area contributed by atoms with Gasteiger partial charge in [-0.15, -0.1) is 0 Å². The van der Waals surface area contributed by atoms with E-state index < -0.39 is 0 Å². The van der Waals surface area contributed by atoms with E-state index in [1.807, 2.05) is 18.2 Å². The van der Waals surface area contributed by atoms with Crippen LogP contribution >= 0.6 is 12.2 Å². The summed E-state index contributed by atoms with van der Waals surface area (Å²) in [6.45, 7) is 0.659. The number of thiocarbonyl (C=S) groups is 1. The Balaban J connectivity index is 1.27. The van der Waals surface area contributed by atoms with Gasteiger partial charge in [0.25, 0.3) is 5.17 Å². The van der Waals surface area contributed by atoms with E-state index in [1.54, 1.807) is 7.11 Å². The number of methoxy groups -OCH3 is 1. The summed E-state index contributed by atoms with van der Waals surface area (Å²) in [5.41, 5.74) is 2.97. The van der Waals surface area contributed by atoms with Crippen molar-refractivity contribution in [1.82, 2.24) is 5.32 Å². The summed E-state index contributed by atoms with van der Waals surface area (Å²) in [6.07, 6.45) is 7.68. The van der Waals surface area contributed by atoms with Crippen LogP contribution < -0.4 is 10.1 Å². The van der Waals surface area contributed by atoms with E-state index in [0.717, 1.165) is 17.7 Å². The highest BCUT2D eigenvalue weighted by Gasteiger charge is 2.50. The van der Waals surface area contributed by atoms with E-state index in [2.05, 4.69) is 41.7 Å². The lowest BCUT2D eigenvalue weighted by atomic mass is 9.56. The molecular weight excluding hydrogens is 366 g/mol. The Labute approximate surface area is 173 Å². The summed E-state index contributed by atoms with van der Waals surface area (Å²) in [5.74, 6) is 1.56. The molecule has 1 atom stereocenters. The minimum Gasteiger partial charge on any atom is -0.497 e. The fourth-order valence-corrected chi connectivity index (χ4v) is 4.99. The van der Waals surface area contributed by atoms with Crippen molar-refractivity contribution in [2.24, 2.45) is 5.41 Å². The molecule has 0 aliphatic heterocycles. The largest absolute Gasteiger partial charge is 0.497 e. The molecule has 148 valence electrons. The Morgan fingerprint density at radius 2 is 1.79 bits per heavy atom. The van der Waals surface area contributed by atoms with Crippen molar-refractivity contribution in [3.8, 4) is 5.75 Å². The molecule has 1 N–H and O–H groups in total. The second-order valence-electron chi connectivity index (χ2n) is 8.19. The van der Waals surface area contributed by atoms with Gasteiger partial charge in [0.15, 0.2) is 0 Å². The number of benzene rings is 2. The van der Waals surface area contributed by atoms with Crippen LogP contribution in [0.15, 0.2) is 54.6 Å². The van der Waals surface area contributed by atoms with Crippen LogP contribution in [0, 0.1) is 5.41 Å². The molecule has 2 aliphatic carbocycles. The van der Waals surface area contributed by atoms with Crippen LogP contribution in [0.4, 0.5) is 0 Å². The third-order valence-electron chi connectivity index (χ3n) is 6.66. The van der Waals surface area contributed by atoms with Gasteiger partial charge in [-0.3, -0.25) is 0 Å². The maximum Gasteiger partial charge on any atom is 0.257 e. The van der Waals surface area contributed by atoms with Crippen LogP contribution in [0.25, 0.3) is 0 Å². The molecule has 0 saturated heterocycles. The molecule has 4 rings (SSSR count). The minimum atomic E-state index is 0.273. The Hall–Kier alpha value is -2.07. The lowest BCUT2D eigenvalue weighted by molar-refractivity contribution is -0.0809. The Morgan fingerprint density at radius 1 is 1.04 bits per heavy atom. The molecule has 2 aliphatic rings. The monoisotopic (exact) mass is 395 g/mol. The van der Waals surface area contributed by atoms with Gasteiger partial charge < -0.3 is 14.8 Å². The molecular formula is C24H29NO2S. The topological polar surface area (TPSA) is 30.5 Å². The van der Waals surface area contributed by atoms with Crippen molar-refractivity contribution >= 4 is 17.4 Å². The van der Waals surface area contributed by atoms with E-state index in [4.69, 9.17) is 21.7 Å². The number of hydrogen-bond acceptors (Lipinski definition) is 3. The van der Waals surface area contributed by atoms with Gasteiger partial charge >= 0.3 is 0 Å². The maximum absolute atomic E-state index is 6.19. The molecule has 4 heteroatoms. The molecule has 28 heavy (non-hydrogen) atoms. The van der Waals surface area contributed by atoms with Gasteiger partial charge in [-0.05, 0) is 79.9 Å². The summed E-state index contributed by atoms with van der Waals surface area (Å²) in [7, 11) is 1.68. The average molecular weight is 396 g/mol. The fourth-order valence-electron chi connectivity index (χ4n) is 4.81. The van der Waals surface area contributed by atoms with Gasteiger partial charge in [0, 0.05) is 12.0 Å². The molecule has 1 unspecified atom stereocenters. The maximum atomic E-state index is 6.19. The Kier molecular flexibility index (Phi) is 5.86. The summed E-state index contributed by atoms with van der Waals surface area (Å²) in [4.78, 5) is 0. The smallest absolute Gasteiger partial charge is 0.257 e. The van der Waals surface area contributed by atoms with Crippen molar-refractivity contribution in [2.75, 3.05) is 7.11 Å². The molecule has 0 radical (unpaired) electrons. The lowest BCUT2D eigenvalue weighted by Gasteiger charge is -2.52. The SMILES string of the molecule is COc1cccc(CNC(=S)OC2CCC23CCC(c2ccccc2)CC3)c1. The third kappa shape index (κ3) is 4.17. The molecule has 0 bridgehead atoms. The first kappa shape index (κ1) is 19.3. The predicted octanol–water partition coefficient (Wildman–Crippen LogP) is 5.59. The van der Waals surface area contributed by atoms with E-state index in [1.165, 1.54) is 37.7 Å². The molecule has 1 spiro atoms. The normalized spacial score (nSPS) is 26.3. The number of hydrogen-bond donors (Lipinski definition) is 1. The first-order valence-corrected chi connectivity index (χ1v) is 10.7. The molecule has 2 aromatic rings. The van der Waals surface area contributed by atoms with E-state index in [9.17, 15) is 0 Å². The lowest BCUT2D eigenvalue weighted by Crippen LogP contribution is -2.50. The van der Waals surface area contributed by atoms with E-state index in [0.29, 0.717) is 23.1 Å². The first-order valence-electron chi connectivity index (χ1n) is 10.3.